The fraction of sp³-hybridized carbons (Fsp3) is 0.294. The lowest BCUT2D eigenvalue weighted by molar-refractivity contribution is -0.136. The number of nitrogens with zero attached hydrogens (tertiary/aromatic N) is 1. The Bertz CT molecular complexity index is 768. The molecule has 8 heteroatoms. The second-order valence-corrected chi connectivity index (χ2v) is 6.64. The quantitative estimate of drug-likeness (QED) is 0.702. The molecular formula is C17H19N3O4S. The Morgan fingerprint density at radius 3 is 2.40 bits per heavy atom. The summed E-state index contributed by atoms with van der Waals surface area (Å²) in [6.45, 7) is 3.58. The highest BCUT2D eigenvalue weighted by molar-refractivity contribution is 7.13. The van der Waals surface area contributed by atoms with Crippen molar-refractivity contribution in [2.24, 2.45) is 5.92 Å². The van der Waals surface area contributed by atoms with Gasteiger partial charge in [0.1, 0.15) is 0 Å². The van der Waals surface area contributed by atoms with E-state index >= 15 is 0 Å². The molecule has 0 spiro atoms. The lowest BCUT2D eigenvalue weighted by Gasteiger charge is -2.05. The molecule has 1 aromatic carbocycles. The number of carbonyl (C=O) groups excluding carboxylic acids is 2. The number of aliphatic carboxylic acids is 1. The van der Waals surface area contributed by atoms with Crippen LogP contribution in [0, 0.1) is 5.92 Å². The molecule has 1 heterocycles. The minimum absolute atomic E-state index is 0.0576. The third kappa shape index (κ3) is 6.00. The Hall–Kier alpha value is -2.74. The summed E-state index contributed by atoms with van der Waals surface area (Å²) in [4.78, 5) is 38.5. The fourth-order valence-electron chi connectivity index (χ4n) is 1.95. The van der Waals surface area contributed by atoms with Crippen LogP contribution in [0.5, 0.6) is 0 Å². The summed E-state index contributed by atoms with van der Waals surface area (Å²) in [5.41, 5.74) is 1.82. The maximum Gasteiger partial charge on any atom is 0.307 e. The van der Waals surface area contributed by atoms with Crippen molar-refractivity contribution in [3.05, 3.63) is 40.9 Å². The third-order valence-corrected chi connectivity index (χ3v) is 4.05. The van der Waals surface area contributed by atoms with Crippen molar-refractivity contribution in [2.75, 3.05) is 10.6 Å². The van der Waals surface area contributed by atoms with E-state index in [0.717, 1.165) is 0 Å². The van der Waals surface area contributed by atoms with Crippen molar-refractivity contribution in [1.82, 2.24) is 4.98 Å². The summed E-state index contributed by atoms with van der Waals surface area (Å²) < 4.78 is 0. The summed E-state index contributed by atoms with van der Waals surface area (Å²) in [6, 6.07) is 6.63. The number of aromatic nitrogens is 1. The van der Waals surface area contributed by atoms with Gasteiger partial charge in [-0.3, -0.25) is 14.4 Å². The van der Waals surface area contributed by atoms with Crippen LogP contribution in [0.3, 0.4) is 0 Å². The van der Waals surface area contributed by atoms with Crippen molar-refractivity contribution in [1.29, 1.82) is 0 Å². The van der Waals surface area contributed by atoms with Crippen LogP contribution in [0.25, 0.3) is 0 Å². The number of carbonyl (C=O) groups is 3. The van der Waals surface area contributed by atoms with E-state index in [1.54, 1.807) is 43.5 Å². The average Bonchev–Trinajstić information content (AvgIpc) is 2.95. The largest absolute Gasteiger partial charge is 0.481 e. The van der Waals surface area contributed by atoms with Gasteiger partial charge >= 0.3 is 5.97 Å². The number of hydrogen-bond donors (Lipinski definition) is 3. The highest BCUT2D eigenvalue weighted by Gasteiger charge is 2.12. The smallest absolute Gasteiger partial charge is 0.307 e. The lowest BCUT2D eigenvalue weighted by atomic mass is 10.1. The summed E-state index contributed by atoms with van der Waals surface area (Å²) in [5.74, 6) is -1.40. The number of thiazole rings is 1. The molecule has 132 valence electrons. The first-order valence-corrected chi connectivity index (χ1v) is 8.57. The van der Waals surface area contributed by atoms with E-state index in [0.29, 0.717) is 22.1 Å². The molecule has 0 aliphatic rings. The molecule has 0 saturated heterocycles. The Balaban J connectivity index is 1.89. The molecule has 2 rings (SSSR count). The SMILES string of the molecule is CC(C)C(=O)Nc1nc(CC(=O)Nc2ccc(CC(=O)O)cc2)cs1. The lowest BCUT2D eigenvalue weighted by Crippen LogP contribution is -2.18. The van der Waals surface area contributed by atoms with Gasteiger partial charge in [0.25, 0.3) is 0 Å². The fourth-order valence-corrected chi connectivity index (χ4v) is 2.66. The molecule has 0 unspecified atom stereocenters. The molecule has 0 atom stereocenters. The van der Waals surface area contributed by atoms with Gasteiger partial charge in [0, 0.05) is 17.0 Å². The number of amides is 2. The van der Waals surface area contributed by atoms with Crippen LogP contribution < -0.4 is 10.6 Å². The van der Waals surface area contributed by atoms with Gasteiger partial charge < -0.3 is 15.7 Å². The molecule has 0 radical (unpaired) electrons. The molecule has 2 aromatic rings. The number of benzene rings is 1. The molecule has 2 amide bonds. The Morgan fingerprint density at radius 1 is 1.12 bits per heavy atom. The van der Waals surface area contributed by atoms with E-state index in [9.17, 15) is 14.4 Å². The molecule has 0 aliphatic heterocycles. The summed E-state index contributed by atoms with van der Waals surface area (Å²) >= 11 is 1.27. The Kier molecular flexibility index (Phi) is 6.24. The predicted molar refractivity (Wildman–Crippen MR) is 95.7 cm³/mol. The molecule has 0 bridgehead atoms. The van der Waals surface area contributed by atoms with Crippen LogP contribution in [0.4, 0.5) is 10.8 Å². The van der Waals surface area contributed by atoms with Crippen molar-refractivity contribution >= 4 is 39.9 Å². The minimum Gasteiger partial charge on any atom is -0.481 e. The second kappa shape index (κ2) is 8.39. The van der Waals surface area contributed by atoms with E-state index in [2.05, 4.69) is 15.6 Å². The summed E-state index contributed by atoms with van der Waals surface area (Å²) in [6.07, 6.45) is 0.0306. The zero-order valence-corrected chi connectivity index (χ0v) is 14.7. The third-order valence-electron chi connectivity index (χ3n) is 3.24. The molecule has 0 aliphatic carbocycles. The Morgan fingerprint density at radius 2 is 1.80 bits per heavy atom. The van der Waals surface area contributed by atoms with Crippen molar-refractivity contribution < 1.29 is 19.5 Å². The molecule has 25 heavy (non-hydrogen) atoms. The number of anilines is 2. The first-order chi connectivity index (χ1) is 11.8. The molecule has 7 nitrogen and oxygen atoms in total. The first-order valence-electron chi connectivity index (χ1n) is 7.69. The predicted octanol–water partition coefficient (Wildman–Crippen LogP) is 2.55. The van der Waals surface area contributed by atoms with E-state index in [-0.39, 0.29) is 30.6 Å². The number of nitrogens with one attached hydrogen (secondary N) is 2. The van der Waals surface area contributed by atoms with Crippen LogP contribution in [0.2, 0.25) is 0 Å². The topological polar surface area (TPSA) is 108 Å². The van der Waals surface area contributed by atoms with Crippen LogP contribution in [-0.2, 0) is 27.2 Å². The van der Waals surface area contributed by atoms with E-state index in [1.165, 1.54) is 11.3 Å². The van der Waals surface area contributed by atoms with Crippen LogP contribution in [-0.4, -0.2) is 27.9 Å². The minimum atomic E-state index is -0.902. The van der Waals surface area contributed by atoms with Crippen LogP contribution in [0.15, 0.2) is 29.6 Å². The molecule has 0 fully saturated rings. The van der Waals surface area contributed by atoms with Crippen molar-refractivity contribution in [2.45, 2.75) is 26.7 Å². The van der Waals surface area contributed by atoms with Gasteiger partial charge in [0.15, 0.2) is 5.13 Å². The van der Waals surface area contributed by atoms with Gasteiger partial charge in [0.2, 0.25) is 11.8 Å². The zero-order chi connectivity index (χ0) is 18.4. The number of carboxylic acids is 1. The maximum absolute atomic E-state index is 12.1. The monoisotopic (exact) mass is 361 g/mol. The standard InChI is InChI=1S/C17H19N3O4S/c1-10(2)16(24)20-17-19-13(9-25-17)8-14(21)18-12-5-3-11(4-6-12)7-15(22)23/h3-6,9-10H,7-8H2,1-2H3,(H,18,21)(H,22,23)(H,19,20,24). The van der Waals surface area contributed by atoms with Gasteiger partial charge in [0.05, 0.1) is 18.5 Å². The molecule has 1 aromatic heterocycles. The Labute approximate surface area is 149 Å². The van der Waals surface area contributed by atoms with Gasteiger partial charge in [-0.2, -0.15) is 0 Å². The number of hydrogen-bond acceptors (Lipinski definition) is 5. The van der Waals surface area contributed by atoms with Crippen molar-refractivity contribution in [3.63, 3.8) is 0 Å². The van der Waals surface area contributed by atoms with Gasteiger partial charge in [-0.15, -0.1) is 11.3 Å². The normalized spacial score (nSPS) is 10.5. The van der Waals surface area contributed by atoms with E-state index in [1.807, 2.05) is 0 Å². The number of rotatable bonds is 7. The highest BCUT2D eigenvalue weighted by Crippen LogP contribution is 2.17. The van der Waals surface area contributed by atoms with Crippen LogP contribution in [0.1, 0.15) is 25.1 Å². The molecule has 0 saturated carbocycles. The molecule has 3 N–H and O–H groups in total. The van der Waals surface area contributed by atoms with Gasteiger partial charge in [-0.25, -0.2) is 4.98 Å². The van der Waals surface area contributed by atoms with Gasteiger partial charge in [-0.1, -0.05) is 26.0 Å². The van der Waals surface area contributed by atoms with Crippen LogP contribution >= 0.6 is 11.3 Å². The summed E-state index contributed by atoms with van der Waals surface area (Å²) in [5, 5.41) is 16.4. The first kappa shape index (κ1) is 18.6. The highest BCUT2D eigenvalue weighted by atomic mass is 32.1. The average molecular weight is 361 g/mol. The van der Waals surface area contributed by atoms with E-state index in [4.69, 9.17) is 5.11 Å². The number of carboxylic acid groups (broad SMARTS) is 1. The van der Waals surface area contributed by atoms with Gasteiger partial charge in [-0.05, 0) is 17.7 Å². The molecular weight excluding hydrogens is 342 g/mol. The van der Waals surface area contributed by atoms with E-state index < -0.39 is 5.97 Å². The van der Waals surface area contributed by atoms with Crippen molar-refractivity contribution in [3.8, 4) is 0 Å². The maximum atomic E-state index is 12.1. The zero-order valence-electron chi connectivity index (χ0n) is 13.9. The summed E-state index contributed by atoms with van der Waals surface area (Å²) in [7, 11) is 0. The second-order valence-electron chi connectivity index (χ2n) is 5.78.